The number of aromatic nitrogens is 2. The highest BCUT2D eigenvalue weighted by molar-refractivity contribution is 5.92. The zero-order valence-electron chi connectivity index (χ0n) is 11.9. The molecule has 1 amide bonds. The standard InChI is InChI=1S/C14H24N4O/c1-3-12-10-13(17-16-12)14(19)15-7-9-18-8-5-4-6-11(18)2/h10-11H,3-9H2,1-2H3,(H,15,19)(H,16,17). The second-order valence-electron chi connectivity index (χ2n) is 5.27. The first kappa shape index (κ1) is 14.1. The zero-order chi connectivity index (χ0) is 13.7. The maximum Gasteiger partial charge on any atom is 0.271 e. The third-order valence-corrected chi connectivity index (χ3v) is 3.87. The average molecular weight is 264 g/mol. The summed E-state index contributed by atoms with van der Waals surface area (Å²) >= 11 is 0. The van der Waals surface area contributed by atoms with E-state index in [9.17, 15) is 4.79 Å². The summed E-state index contributed by atoms with van der Waals surface area (Å²) < 4.78 is 0. The van der Waals surface area contributed by atoms with Gasteiger partial charge >= 0.3 is 0 Å². The van der Waals surface area contributed by atoms with Crippen LogP contribution in [0.3, 0.4) is 0 Å². The van der Waals surface area contributed by atoms with Crippen LogP contribution in [0, 0.1) is 0 Å². The minimum atomic E-state index is -0.0828. The van der Waals surface area contributed by atoms with Gasteiger partial charge in [-0.1, -0.05) is 13.3 Å². The molecule has 0 spiro atoms. The molecule has 2 rings (SSSR count). The Kier molecular flexibility index (Phi) is 4.96. The molecule has 1 aromatic rings. The number of hydrogen-bond donors (Lipinski definition) is 2. The Hall–Kier alpha value is -1.36. The van der Waals surface area contributed by atoms with Crippen molar-refractivity contribution < 1.29 is 4.79 Å². The van der Waals surface area contributed by atoms with E-state index in [1.54, 1.807) is 0 Å². The van der Waals surface area contributed by atoms with Gasteiger partial charge in [-0.05, 0) is 38.8 Å². The molecule has 5 heteroatoms. The van der Waals surface area contributed by atoms with Crippen LogP contribution >= 0.6 is 0 Å². The van der Waals surface area contributed by atoms with Crippen LogP contribution in [0.4, 0.5) is 0 Å². The van der Waals surface area contributed by atoms with E-state index in [0.717, 1.165) is 25.2 Å². The maximum absolute atomic E-state index is 11.9. The number of rotatable bonds is 5. The molecule has 0 aliphatic carbocycles. The Morgan fingerprint density at radius 3 is 3.11 bits per heavy atom. The maximum atomic E-state index is 11.9. The number of carbonyl (C=O) groups excluding carboxylic acids is 1. The fraction of sp³-hybridized carbons (Fsp3) is 0.714. The van der Waals surface area contributed by atoms with E-state index in [2.05, 4.69) is 27.3 Å². The Morgan fingerprint density at radius 2 is 2.42 bits per heavy atom. The molecule has 1 aromatic heterocycles. The fourth-order valence-corrected chi connectivity index (χ4v) is 2.55. The summed E-state index contributed by atoms with van der Waals surface area (Å²) in [6.45, 7) is 7.07. The highest BCUT2D eigenvalue weighted by atomic mass is 16.1. The highest BCUT2D eigenvalue weighted by Gasteiger charge is 2.18. The quantitative estimate of drug-likeness (QED) is 0.848. The van der Waals surface area contributed by atoms with Crippen LogP contribution in [0.15, 0.2) is 6.07 Å². The molecule has 1 fully saturated rings. The summed E-state index contributed by atoms with van der Waals surface area (Å²) in [7, 11) is 0. The second-order valence-corrected chi connectivity index (χ2v) is 5.27. The largest absolute Gasteiger partial charge is 0.349 e. The number of amides is 1. The summed E-state index contributed by atoms with van der Waals surface area (Å²) in [6, 6.07) is 2.46. The molecule has 0 radical (unpaired) electrons. The number of aromatic amines is 1. The smallest absolute Gasteiger partial charge is 0.271 e. The van der Waals surface area contributed by atoms with Crippen molar-refractivity contribution in [1.82, 2.24) is 20.4 Å². The summed E-state index contributed by atoms with van der Waals surface area (Å²) in [5.74, 6) is -0.0828. The number of likely N-dealkylation sites (tertiary alicyclic amines) is 1. The second kappa shape index (κ2) is 6.70. The normalized spacial score (nSPS) is 20.4. The molecular weight excluding hydrogens is 240 g/mol. The van der Waals surface area contributed by atoms with E-state index in [1.807, 2.05) is 13.0 Å². The molecule has 5 nitrogen and oxygen atoms in total. The lowest BCUT2D eigenvalue weighted by Crippen LogP contribution is -2.42. The van der Waals surface area contributed by atoms with Crippen LogP contribution in [0.2, 0.25) is 0 Å². The molecule has 106 valence electrons. The van der Waals surface area contributed by atoms with Crippen molar-refractivity contribution in [1.29, 1.82) is 0 Å². The van der Waals surface area contributed by atoms with Crippen molar-refractivity contribution in [3.8, 4) is 0 Å². The van der Waals surface area contributed by atoms with Crippen molar-refractivity contribution in [3.05, 3.63) is 17.5 Å². The molecule has 1 aliphatic heterocycles. The SMILES string of the molecule is CCc1cc(C(=O)NCCN2CCCCC2C)n[nH]1. The first-order valence-corrected chi connectivity index (χ1v) is 7.27. The van der Waals surface area contributed by atoms with E-state index in [-0.39, 0.29) is 5.91 Å². The molecule has 1 aliphatic rings. The van der Waals surface area contributed by atoms with Gasteiger partial charge in [-0.25, -0.2) is 0 Å². The Morgan fingerprint density at radius 1 is 1.58 bits per heavy atom. The van der Waals surface area contributed by atoms with Crippen molar-refractivity contribution in [3.63, 3.8) is 0 Å². The fourth-order valence-electron chi connectivity index (χ4n) is 2.55. The van der Waals surface area contributed by atoms with Gasteiger partial charge in [0.2, 0.25) is 0 Å². The molecule has 1 unspecified atom stereocenters. The Bertz CT molecular complexity index is 415. The number of piperidine rings is 1. The topological polar surface area (TPSA) is 61.0 Å². The van der Waals surface area contributed by atoms with Crippen LogP contribution in [-0.4, -0.2) is 46.7 Å². The van der Waals surface area contributed by atoms with Gasteiger partial charge in [0.05, 0.1) is 0 Å². The number of H-pyrrole nitrogens is 1. The highest BCUT2D eigenvalue weighted by Crippen LogP contribution is 2.15. The van der Waals surface area contributed by atoms with Gasteiger partial charge in [0, 0.05) is 24.8 Å². The van der Waals surface area contributed by atoms with Crippen molar-refractivity contribution in [2.45, 2.75) is 45.6 Å². The Balaban J connectivity index is 1.74. The van der Waals surface area contributed by atoms with Crippen LogP contribution in [0.1, 0.15) is 49.3 Å². The average Bonchev–Trinajstić information content (AvgIpc) is 2.90. The third-order valence-electron chi connectivity index (χ3n) is 3.87. The molecule has 19 heavy (non-hydrogen) atoms. The van der Waals surface area contributed by atoms with Crippen molar-refractivity contribution >= 4 is 5.91 Å². The lowest BCUT2D eigenvalue weighted by molar-refractivity contribution is 0.0933. The molecule has 1 saturated heterocycles. The summed E-state index contributed by atoms with van der Waals surface area (Å²) in [4.78, 5) is 14.3. The van der Waals surface area contributed by atoms with E-state index in [1.165, 1.54) is 19.3 Å². The minimum absolute atomic E-state index is 0.0828. The zero-order valence-corrected chi connectivity index (χ0v) is 11.9. The monoisotopic (exact) mass is 264 g/mol. The van der Waals surface area contributed by atoms with E-state index < -0.39 is 0 Å². The lowest BCUT2D eigenvalue weighted by Gasteiger charge is -2.33. The predicted molar refractivity (Wildman–Crippen MR) is 75.2 cm³/mol. The van der Waals surface area contributed by atoms with Gasteiger partial charge in [-0.2, -0.15) is 5.10 Å². The first-order valence-electron chi connectivity index (χ1n) is 7.27. The van der Waals surface area contributed by atoms with E-state index in [0.29, 0.717) is 18.3 Å². The van der Waals surface area contributed by atoms with Crippen LogP contribution in [0.5, 0.6) is 0 Å². The summed E-state index contributed by atoms with van der Waals surface area (Å²) in [6.07, 6.45) is 4.74. The summed E-state index contributed by atoms with van der Waals surface area (Å²) in [5, 5.41) is 9.82. The Labute approximate surface area is 114 Å². The van der Waals surface area contributed by atoms with Crippen LogP contribution < -0.4 is 5.32 Å². The van der Waals surface area contributed by atoms with Gasteiger partial charge in [-0.3, -0.25) is 14.8 Å². The third kappa shape index (κ3) is 3.80. The molecule has 0 aromatic carbocycles. The van der Waals surface area contributed by atoms with Gasteiger partial charge in [0.1, 0.15) is 5.69 Å². The van der Waals surface area contributed by atoms with Gasteiger partial charge < -0.3 is 5.32 Å². The van der Waals surface area contributed by atoms with Crippen LogP contribution in [-0.2, 0) is 6.42 Å². The molecule has 1 atom stereocenters. The first-order chi connectivity index (χ1) is 9.20. The number of aryl methyl sites for hydroxylation is 1. The van der Waals surface area contributed by atoms with E-state index in [4.69, 9.17) is 0 Å². The minimum Gasteiger partial charge on any atom is -0.349 e. The van der Waals surface area contributed by atoms with Gasteiger partial charge in [0.25, 0.3) is 5.91 Å². The molecule has 0 saturated carbocycles. The number of nitrogens with zero attached hydrogens (tertiary/aromatic N) is 2. The molecule has 0 bridgehead atoms. The van der Waals surface area contributed by atoms with Crippen molar-refractivity contribution in [2.75, 3.05) is 19.6 Å². The predicted octanol–water partition coefficient (Wildman–Crippen LogP) is 1.58. The summed E-state index contributed by atoms with van der Waals surface area (Å²) in [5.41, 5.74) is 1.48. The molecule has 2 heterocycles. The van der Waals surface area contributed by atoms with Gasteiger partial charge in [0.15, 0.2) is 0 Å². The van der Waals surface area contributed by atoms with Crippen molar-refractivity contribution in [2.24, 2.45) is 0 Å². The number of nitrogens with one attached hydrogen (secondary N) is 2. The van der Waals surface area contributed by atoms with Gasteiger partial charge in [-0.15, -0.1) is 0 Å². The number of carbonyl (C=O) groups is 1. The number of hydrogen-bond acceptors (Lipinski definition) is 3. The molecular formula is C14H24N4O. The molecule has 2 N–H and O–H groups in total. The van der Waals surface area contributed by atoms with Crippen LogP contribution in [0.25, 0.3) is 0 Å². The lowest BCUT2D eigenvalue weighted by atomic mass is 10.0. The van der Waals surface area contributed by atoms with E-state index >= 15 is 0 Å².